The van der Waals surface area contributed by atoms with Gasteiger partial charge >= 0.3 is 12.3 Å². The minimum absolute atomic E-state index is 0.0885. The molecule has 2 N–H and O–H groups in total. The predicted molar refractivity (Wildman–Crippen MR) is 121 cm³/mol. The highest BCUT2D eigenvalue weighted by Gasteiger charge is 2.58. The van der Waals surface area contributed by atoms with Gasteiger partial charge in [-0.05, 0) is 42.7 Å². The van der Waals surface area contributed by atoms with Gasteiger partial charge in [0.25, 0.3) is 5.91 Å². The van der Waals surface area contributed by atoms with E-state index in [2.05, 4.69) is 15.3 Å². The van der Waals surface area contributed by atoms with Crippen molar-refractivity contribution in [3.63, 3.8) is 0 Å². The number of hydrogen-bond donors (Lipinski definition) is 2. The monoisotopic (exact) mass is 540 g/mol. The van der Waals surface area contributed by atoms with Gasteiger partial charge in [-0.1, -0.05) is 29.8 Å². The van der Waals surface area contributed by atoms with Gasteiger partial charge in [0.15, 0.2) is 5.60 Å². The molecule has 2 aliphatic rings. The third-order valence-electron chi connectivity index (χ3n) is 6.50. The first kappa shape index (κ1) is 25.0. The molecule has 7 nitrogen and oxygen atoms in total. The number of carbonyl (C=O) groups is 2. The van der Waals surface area contributed by atoms with Gasteiger partial charge in [-0.3, -0.25) is 10.1 Å². The van der Waals surface area contributed by atoms with E-state index in [-0.39, 0.29) is 36.5 Å². The van der Waals surface area contributed by atoms with E-state index >= 15 is 0 Å². The van der Waals surface area contributed by atoms with Gasteiger partial charge in [0, 0.05) is 6.54 Å². The average molecular weight is 541 g/mol. The summed E-state index contributed by atoms with van der Waals surface area (Å²) < 4.78 is 76.0. The summed E-state index contributed by atoms with van der Waals surface area (Å²) in [5.41, 5.74) is -1.98. The molecule has 13 heteroatoms. The predicted octanol–water partition coefficient (Wildman–Crippen LogP) is 5.43. The Labute approximate surface area is 211 Å². The number of carbonyl (C=O) groups excluding carboxylic acids is 2. The van der Waals surface area contributed by atoms with E-state index in [0.717, 1.165) is 30.5 Å². The third kappa shape index (κ3) is 4.08. The van der Waals surface area contributed by atoms with Gasteiger partial charge in [0.1, 0.15) is 23.2 Å². The number of likely N-dealkylation sites (tertiary alicyclic amines) is 1. The molecule has 0 aliphatic carbocycles. The number of H-pyrrole nitrogens is 1. The van der Waals surface area contributed by atoms with Gasteiger partial charge in [-0.2, -0.15) is 13.2 Å². The molecule has 2 amide bonds. The molecular formula is C24H18ClF5N4O3. The first-order valence-corrected chi connectivity index (χ1v) is 11.5. The molecule has 3 aromatic rings. The Morgan fingerprint density at radius 2 is 1.86 bits per heavy atom. The number of halogens is 6. The Morgan fingerprint density at radius 3 is 2.57 bits per heavy atom. The maximum absolute atomic E-state index is 14.8. The Morgan fingerprint density at radius 1 is 1.14 bits per heavy atom. The van der Waals surface area contributed by atoms with Gasteiger partial charge in [-0.15, -0.1) is 0 Å². The molecule has 2 aromatic carbocycles. The second-order valence-corrected chi connectivity index (χ2v) is 9.38. The van der Waals surface area contributed by atoms with Crippen LogP contribution in [0.3, 0.4) is 0 Å². The number of nitrogens with one attached hydrogen (secondary N) is 2. The molecule has 0 saturated carbocycles. The van der Waals surface area contributed by atoms with E-state index in [1.165, 1.54) is 23.1 Å². The van der Waals surface area contributed by atoms with Crippen LogP contribution in [-0.4, -0.2) is 46.1 Å². The second kappa shape index (κ2) is 8.72. The summed E-state index contributed by atoms with van der Waals surface area (Å²) in [6.45, 7) is -0.0578. The summed E-state index contributed by atoms with van der Waals surface area (Å²) in [5.74, 6) is -2.92. The fourth-order valence-electron chi connectivity index (χ4n) is 4.83. The maximum Gasteiger partial charge on any atom is 0.418 e. The van der Waals surface area contributed by atoms with Crippen molar-refractivity contribution in [2.45, 2.75) is 29.5 Å². The number of imidazole rings is 1. The number of hydrogen-bond acceptors (Lipinski definition) is 4. The van der Waals surface area contributed by atoms with E-state index < -0.39 is 51.7 Å². The zero-order valence-corrected chi connectivity index (χ0v) is 19.6. The van der Waals surface area contributed by atoms with Crippen molar-refractivity contribution in [1.29, 1.82) is 0 Å². The van der Waals surface area contributed by atoms with Crippen LogP contribution in [0.2, 0.25) is 0 Å². The molecular weight excluding hydrogens is 523 g/mol. The first-order chi connectivity index (χ1) is 17.4. The van der Waals surface area contributed by atoms with E-state index in [0.29, 0.717) is 6.42 Å². The highest BCUT2D eigenvalue weighted by atomic mass is 35.5. The highest BCUT2D eigenvalue weighted by molar-refractivity contribution is 6.26. The number of alkyl halides is 4. The minimum atomic E-state index is -5.07. The van der Waals surface area contributed by atoms with Crippen molar-refractivity contribution in [2.24, 2.45) is 0 Å². The van der Waals surface area contributed by atoms with Crippen LogP contribution in [0.15, 0.2) is 48.7 Å². The normalized spacial score (nSPS) is 21.1. The van der Waals surface area contributed by atoms with E-state index in [1.54, 1.807) is 0 Å². The number of amides is 2. The zero-order valence-electron chi connectivity index (χ0n) is 18.8. The van der Waals surface area contributed by atoms with Gasteiger partial charge in [-0.25, -0.2) is 18.6 Å². The lowest BCUT2D eigenvalue weighted by Gasteiger charge is -2.44. The lowest BCUT2D eigenvalue weighted by atomic mass is 9.83. The molecule has 5 rings (SSSR count). The van der Waals surface area contributed by atoms with Crippen LogP contribution < -0.4 is 5.32 Å². The van der Waals surface area contributed by atoms with E-state index in [4.69, 9.17) is 16.3 Å². The summed E-state index contributed by atoms with van der Waals surface area (Å²) in [6, 6.07) is 7.56. The Balaban J connectivity index is 1.47. The summed E-state index contributed by atoms with van der Waals surface area (Å²) in [6.07, 6.45) is -4.41. The lowest BCUT2D eigenvalue weighted by molar-refractivity contribution is -0.155. The Hall–Kier alpha value is -3.67. The zero-order chi connectivity index (χ0) is 26.6. The summed E-state index contributed by atoms with van der Waals surface area (Å²) >= 11 is 6.06. The molecule has 2 unspecified atom stereocenters. The maximum atomic E-state index is 14.8. The van der Waals surface area contributed by atoms with Crippen LogP contribution in [0.5, 0.6) is 0 Å². The molecule has 194 valence electrons. The van der Waals surface area contributed by atoms with Crippen molar-refractivity contribution in [1.82, 2.24) is 14.9 Å². The molecule has 1 fully saturated rings. The van der Waals surface area contributed by atoms with Gasteiger partial charge in [0.05, 0.1) is 24.0 Å². The molecule has 1 spiro atoms. The number of aromatic amines is 1. The number of benzene rings is 2. The van der Waals surface area contributed by atoms with Crippen LogP contribution in [-0.2, 0) is 15.2 Å². The largest absolute Gasteiger partial charge is 0.436 e. The first-order valence-electron chi connectivity index (χ1n) is 11.1. The summed E-state index contributed by atoms with van der Waals surface area (Å²) in [7, 11) is 0. The highest BCUT2D eigenvalue weighted by Crippen LogP contribution is 2.49. The van der Waals surface area contributed by atoms with Crippen LogP contribution >= 0.6 is 11.6 Å². The molecule has 3 heterocycles. The molecule has 1 saturated heterocycles. The van der Waals surface area contributed by atoms with Crippen LogP contribution in [0, 0.1) is 11.6 Å². The number of anilines is 1. The Bertz CT molecular complexity index is 1380. The third-order valence-corrected chi connectivity index (χ3v) is 7.11. The van der Waals surface area contributed by atoms with Crippen molar-refractivity contribution in [3.8, 4) is 0 Å². The SMILES string of the molecule is O=C1Nc2cccc(F)c2C2(CCCN(C(=O)c3cnc(C(Cl)(c4ccc(F)cc4)C(F)(F)F)[nH]3)C2)O1. The molecule has 2 atom stereocenters. The second-order valence-electron chi connectivity index (χ2n) is 8.81. The van der Waals surface area contributed by atoms with E-state index in [1.807, 2.05) is 0 Å². The lowest BCUT2D eigenvalue weighted by Crippen LogP contribution is -2.53. The fraction of sp³-hybridized carbons (Fsp3) is 0.292. The molecule has 37 heavy (non-hydrogen) atoms. The number of piperidine rings is 1. The molecule has 0 bridgehead atoms. The van der Waals surface area contributed by atoms with Crippen LogP contribution in [0.4, 0.5) is 32.4 Å². The smallest absolute Gasteiger partial charge is 0.418 e. The number of nitrogens with zero attached hydrogens (tertiary/aromatic N) is 2. The molecule has 2 aliphatic heterocycles. The fourth-order valence-corrected chi connectivity index (χ4v) is 5.05. The van der Waals surface area contributed by atoms with Crippen molar-refractivity contribution in [3.05, 3.63) is 82.9 Å². The minimum Gasteiger partial charge on any atom is -0.436 e. The number of fused-ring (bicyclic) bond motifs is 2. The quantitative estimate of drug-likeness (QED) is 0.343. The summed E-state index contributed by atoms with van der Waals surface area (Å²) in [5, 5.41) is 2.44. The number of rotatable bonds is 3. The van der Waals surface area contributed by atoms with Crippen LogP contribution in [0.25, 0.3) is 0 Å². The number of aromatic nitrogens is 2. The molecule has 1 aromatic heterocycles. The van der Waals surface area contributed by atoms with Crippen molar-refractivity contribution in [2.75, 3.05) is 18.4 Å². The van der Waals surface area contributed by atoms with E-state index in [9.17, 15) is 31.5 Å². The standard InChI is InChI=1S/C24H18ClF5N4O3/c25-23(24(28,29)30,13-5-7-14(26)8-6-13)20-31-11-17(32-20)19(35)34-10-2-9-22(12-34)18-15(27)3-1-4-16(18)33-21(36)37-22/h1,3-8,11H,2,9-10,12H2,(H,31,32)(H,33,36). The van der Waals surface area contributed by atoms with Crippen LogP contribution in [0.1, 0.15) is 40.3 Å². The van der Waals surface area contributed by atoms with Gasteiger partial charge in [0.2, 0.25) is 4.87 Å². The average Bonchev–Trinajstić information content (AvgIpc) is 3.33. The van der Waals surface area contributed by atoms with Crippen molar-refractivity contribution < 1.29 is 36.3 Å². The summed E-state index contributed by atoms with van der Waals surface area (Å²) in [4.78, 5) is 29.7. The number of ether oxygens (including phenoxy) is 1. The Kier molecular flexibility index (Phi) is 5.89. The topological polar surface area (TPSA) is 87.3 Å². The van der Waals surface area contributed by atoms with Crippen molar-refractivity contribution >= 4 is 29.3 Å². The van der Waals surface area contributed by atoms with Gasteiger partial charge < -0.3 is 14.6 Å². The molecule has 0 radical (unpaired) electrons.